The van der Waals surface area contributed by atoms with Crippen molar-refractivity contribution in [3.8, 4) is 45.3 Å². The second-order valence-electron chi connectivity index (χ2n) is 13.4. The maximum Gasteiger partial charge on any atom is 0.509 e. The van der Waals surface area contributed by atoms with E-state index in [1.807, 2.05) is 18.2 Å². The molecule has 2 aromatic heterocycles. The second kappa shape index (κ2) is 17.2. The topological polar surface area (TPSA) is 158 Å². The lowest BCUT2D eigenvalue weighted by Gasteiger charge is -2.37. The Kier molecular flexibility index (Phi) is 12.7. The number of likely N-dealkylation sites (tertiary alicyclic amines) is 1. The Morgan fingerprint density at radius 3 is 2.31 bits per heavy atom. The van der Waals surface area contributed by atoms with Gasteiger partial charge in [0.05, 0.1) is 47.8 Å². The number of aromatic nitrogens is 2. The van der Waals surface area contributed by atoms with Gasteiger partial charge in [-0.3, -0.25) is 14.6 Å². The van der Waals surface area contributed by atoms with Gasteiger partial charge in [0.2, 0.25) is 5.88 Å². The molecular formula is C39H40Cl2N4O9. The van der Waals surface area contributed by atoms with Crippen molar-refractivity contribution in [2.24, 2.45) is 0 Å². The average molecular weight is 780 g/mol. The molecule has 2 amide bonds. The predicted octanol–water partition coefficient (Wildman–Crippen LogP) is 8.04. The number of hydrogen-bond acceptors (Lipinski definition) is 10. The third kappa shape index (κ3) is 9.20. The van der Waals surface area contributed by atoms with E-state index in [9.17, 15) is 24.3 Å². The van der Waals surface area contributed by atoms with Gasteiger partial charge in [0.1, 0.15) is 11.4 Å². The molecule has 13 nitrogen and oxygen atoms in total. The highest BCUT2D eigenvalue weighted by Gasteiger charge is 2.31. The van der Waals surface area contributed by atoms with E-state index in [0.717, 1.165) is 0 Å². The number of methoxy groups -OCH3 is 2. The molecule has 0 unspecified atom stereocenters. The van der Waals surface area contributed by atoms with Crippen LogP contribution in [0.5, 0.6) is 11.6 Å². The van der Waals surface area contributed by atoms with Crippen LogP contribution in [0.2, 0.25) is 10.0 Å². The van der Waals surface area contributed by atoms with Crippen LogP contribution in [0.15, 0.2) is 60.8 Å². The number of benzene rings is 2. The van der Waals surface area contributed by atoms with Gasteiger partial charge >= 0.3 is 12.2 Å². The molecule has 0 aliphatic carbocycles. The van der Waals surface area contributed by atoms with E-state index < -0.39 is 24.5 Å². The molecule has 4 aromatic rings. The van der Waals surface area contributed by atoms with Crippen LogP contribution >= 0.6 is 23.2 Å². The largest absolute Gasteiger partial charge is 0.509 e. The fraction of sp³-hybridized carbons (Fsp3) is 0.333. The molecule has 0 spiro atoms. The number of carboxylic acid groups (broad SMARTS) is 1. The Morgan fingerprint density at radius 1 is 0.963 bits per heavy atom. The van der Waals surface area contributed by atoms with Gasteiger partial charge in [-0.2, -0.15) is 0 Å². The summed E-state index contributed by atoms with van der Waals surface area (Å²) in [4.78, 5) is 60.5. The van der Waals surface area contributed by atoms with Crippen molar-refractivity contribution in [1.29, 1.82) is 0 Å². The molecule has 284 valence electrons. The summed E-state index contributed by atoms with van der Waals surface area (Å²) in [5, 5.41) is 10.9. The highest BCUT2D eigenvalue weighted by atomic mass is 35.5. The lowest BCUT2D eigenvalue weighted by molar-refractivity contribution is -0.137. The first kappa shape index (κ1) is 39.8. The van der Waals surface area contributed by atoms with E-state index >= 15 is 0 Å². The monoisotopic (exact) mass is 778 g/mol. The normalized spacial score (nSPS) is 13.2. The van der Waals surface area contributed by atoms with Gasteiger partial charge in [-0.1, -0.05) is 47.5 Å². The second-order valence-corrected chi connectivity index (χ2v) is 14.2. The standard InChI is InChI=1S/C39H40Cl2N4O9/c1-39(2,3)54-38(50)53-22-32(47)44-17-14-26(15-18-44)45(37(48)49)20-24-11-12-30(43-36(24)52-5)29-8-6-7-27(33(29)40)28-13-16-42-35(34(28)41)23-9-10-25(21-46)31(19-23)51-4/h6-13,16,19,21,26H,14-15,17-18,20,22H2,1-5H3,(H,48,49). The Labute approximate surface area is 322 Å². The van der Waals surface area contributed by atoms with Crippen molar-refractivity contribution in [3.05, 3.63) is 82.0 Å². The molecule has 0 saturated carbocycles. The quantitative estimate of drug-likeness (QED) is 0.116. The molecular weight excluding hydrogens is 739 g/mol. The molecule has 0 atom stereocenters. The lowest BCUT2D eigenvalue weighted by Crippen LogP contribution is -2.49. The fourth-order valence-corrected chi connectivity index (χ4v) is 6.77. The number of rotatable bonds is 11. The van der Waals surface area contributed by atoms with Crippen LogP contribution in [0.3, 0.4) is 0 Å². The van der Waals surface area contributed by atoms with Crippen LogP contribution in [-0.2, 0) is 20.8 Å². The van der Waals surface area contributed by atoms with Crippen molar-refractivity contribution in [2.75, 3.05) is 33.9 Å². The van der Waals surface area contributed by atoms with Gasteiger partial charge in [0.25, 0.3) is 5.91 Å². The van der Waals surface area contributed by atoms with Crippen LogP contribution in [0.1, 0.15) is 49.5 Å². The number of carbonyl (C=O) groups is 4. The van der Waals surface area contributed by atoms with Gasteiger partial charge < -0.3 is 33.9 Å². The van der Waals surface area contributed by atoms with E-state index in [2.05, 4.69) is 4.98 Å². The van der Waals surface area contributed by atoms with Gasteiger partial charge in [-0.05, 0) is 63.9 Å². The molecule has 0 radical (unpaired) electrons. The van der Waals surface area contributed by atoms with Crippen LogP contribution in [-0.4, -0.2) is 94.9 Å². The van der Waals surface area contributed by atoms with E-state index in [-0.39, 0.29) is 37.5 Å². The number of carbonyl (C=O) groups excluding carboxylic acids is 3. The van der Waals surface area contributed by atoms with Crippen LogP contribution in [0, 0.1) is 0 Å². The zero-order valence-corrected chi connectivity index (χ0v) is 31.9. The molecule has 3 heterocycles. The maximum absolute atomic E-state index is 12.7. The summed E-state index contributed by atoms with van der Waals surface area (Å²) in [5.74, 6) is 0.231. The van der Waals surface area contributed by atoms with Crippen LogP contribution in [0.4, 0.5) is 9.59 Å². The van der Waals surface area contributed by atoms with Gasteiger partial charge in [-0.25, -0.2) is 14.6 Å². The number of ether oxygens (including phenoxy) is 4. The van der Waals surface area contributed by atoms with Gasteiger partial charge in [0, 0.05) is 53.1 Å². The fourth-order valence-electron chi connectivity index (χ4n) is 6.12. The molecule has 1 aliphatic heterocycles. The van der Waals surface area contributed by atoms with Crippen LogP contribution < -0.4 is 9.47 Å². The summed E-state index contributed by atoms with van der Waals surface area (Å²) in [6.07, 6.45) is 1.05. The van der Waals surface area contributed by atoms with Crippen LogP contribution in [0.25, 0.3) is 33.6 Å². The van der Waals surface area contributed by atoms with E-state index in [1.165, 1.54) is 19.1 Å². The highest BCUT2D eigenvalue weighted by molar-refractivity contribution is 6.39. The third-order valence-corrected chi connectivity index (χ3v) is 9.56. The zero-order valence-electron chi connectivity index (χ0n) is 30.4. The molecule has 54 heavy (non-hydrogen) atoms. The summed E-state index contributed by atoms with van der Waals surface area (Å²) in [5.41, 5.74) is 3.64. The molecule has 2 aromatic carbocycles. The minimum Gasteiger partial charge on any atom is -0.496 e. The number of amides is 2. The van der Waals surface area contributed by atoms with Crippen molar-refractivity contribution in [2.45, 2.75) is 51.8 Å². The average Bonchev–Trinajstić information content (AvgIpc) is 3.15. The number of pyridine rings is 2. The summed E-state index contributed by atoms with van der Waals surface area (Å²) >= 11 is 14.0. The molecule has 1 fully saturated rings. The third-order valence-electron chi connectivity index (χ3n) is 8.77. The van der Waals surface area contributed by atoms with Crippen molar-refractivity contribution >= 4 is 47.6 Å². The molecule has 1 aliphatic rings. The van der Waals surface area contributed by atoms with Crippen molar-refractivity contribution in [3.63, 3.8) is 0 Å². The zero-order chi connectivity index (χ0) is 39.2. The lowest BCUT2D eigenvalue weighted by atomic mass is 9.99. The smallest absolute Gasteiger partial charge is 0.496 e. The Morgan fingerprint density at radius 2 is 1.67 bits per heavy atom. The minimum atomic E-state index is -1.12. The number of nitrogens with zero attached hydrogens (tertiary/aromatic N) is 4. The molecule has 1 N–H and O–H groups in total. The van der Waals surface area contributed by atoms with Gasteiger partial charge in [0.15, 0.2) is 12.9 Å². The predicted molar refractivity (Wildman–Crippen MR) is 202 cm³/mol. The summed E-state index contributed by atoms with van der Waals surface area (Å²) in [6.45, 7) is 5.19. The Hall–Kier alpha value is -5.40. The molecule has 5 rings (SSSR count). The van der Waals surface area contributed by atoms with Crippen molar-refractivity contribution in [1.82, 2.24) is 19.8 Å². The maximum atomic E-state index is 12.7. The van der Waals surface area contributed by atoms with E-state index in [1.54, 1.807) is 68.3 Å². The molecule has 0 bridgehead atoms. The van der Waals surface area contributed by atoms with Gasteiger partial charge in [-0.15, -0.1) is 0 Å². The summed E-state index contributed by atoms with van der Waals surface area (Å²) in [6, 6.07) is 15.4. The first-order chi connectivity index (χ1) is 25.7. The summed E-state index contributed by atoms with van der Waals surface area (Å²) < 4.78 is 21.0. The van der Waals surface area contributed by atoms with Crippen molar-refractivity contribution < 1.29 is 43.2 Å². The first-order valence-electron chi connectivity index (χ1n) is 17.0. The number of halogens is 2. The summed E-state index contributed by atoms with van der Waals surface area (Å²) in [7, 11) is 2.93. The van der Waals surface area contributed by atoms with E-state index in [4.69, 9.17) is 47.1 Å². The SMILES string of the molecule is COc1cc(-c2nccc(-c3cccc(-c4ccc(CN(C(=O)O)C5CCN(C(=O)COC(=O)OC(C)(C)C)CC5)c(OC)n4)c3Cl)c2Cl)ccc1C=O. The number of hydrogen-bond donors (Lipinski definition) is 1. The Balaban J connectivity index is 1.32. The Bertz CT molecular complexity index is 2050. The first-order valence-corrected chi connectivity index (χ1v) is 17.7. The minimum absolute atomic E-state index is 0.00601. The van der Waals surface area contributed by atoms with E-state index in [0.29, 0.717) is 79.7 Å². The number of piperidine rings is 1. The number of aldehydes is 1. The molecule has 15 heteroatoms. The molecule has 1 saturated heterocycles. The highest BCUT2D eigenvalue weighted by Crippen LogP contribution is 2.42.